The number of carbonyl (C=O) groups is 2. The first-order valence-corrected chi connectivity index (χ1v) is 24.4. The van der Waals surface area contributed by atoms with Crippen LogP contribution < -0.4 is 0 Å². The van der Waals surface area contributed by atoms with Crippen molar-refractivity contribution < 1.29 is 43.0 Å². The SMILES string of the molecule is CC[C@H](O)CC/C=C\C/C=C\C/C=C\C/C=C\CCCC(=O)OC[C@H](COP(=O)(O)O)OC(=O)CCCCCCCCCCCCCCCCCCCCC(C)C. The van der Waals surface area contributed by atoms with Gasteiger partial charge in [-0.15, -0.1) is 0 Å². The lowest BCUT2D eigenvalue weighted by Gasteiger charge is -2.18. The van der Waals surface area contributed by atoms with E-state index in [9.17, 15) is 19.3 Å². The fourth-order valence-electron chi connectivity index (χ4n) is 6.36. The van der Waals surface area contributed by atoms with E-state index in [-0.39, 0.29) is 25.6 Å². The number of hydrogen-bond donors (Lipinski definition) is 3. The highest BCUT2D eigenvalue weighted by Gasteiger charge is 2.22. The average Bonchev–Trinajstić information content (AvgIpc) is 3.17. The number of ether oxygens (including phenoxy) is 2. The highest BCUT2D eigenvalue weighted by Crippen LogP contribution is 2.36. The molecule has 0 saturated carbocycles. The summed E-state index contributed by atoms with van der Waals surface area (Å²) in [5.41, 5.74) is 0. The Hall–Kier alpha value is -2.03. The summed E-state index contributed by atoms with van der Waals surface area (Å²) in [5, 5.41) is 9.54. The normalized spacial score (nSPS) is 13.5. The van der Waals surface area contributed by atoms with Crippen LogP contribution in [0, 0.1) is 5.92 Å². The minimum absolute atomic E-state index is 0.178. The Morgan fingerprint density at radius 3 is 1.42 bits per heavy atom. The summed E-state index contributed by atoms with van der Waals surface area (Å²) in [6.45, 7) is 5.73. The molecule has 0 heterocycles. The molecule has 0 spiro atoms. The van der Waals surface area contributed by atoms with Crippen LogP contribution in [0.1, 0.15) is 207 Å². The van der Waals surface area contributed by atoms with Gasteiger partial charge in [-0.05, 0) is 63.7 Å². The van der Waals surface area contributed by atoms with E-state index >= 15 is 0 Å². The molecular formula is C47H85O9P. The van der Waals surface area contributed by atoms with Gasteiger partial charge in [-0.3, -0.25) is 14.1 Å². The van der Waals surface area contributed by atoms with Gasteiger partial charge in [0.2, 0.25) is 0 Å². The third-order valence-corrected chi connectivity index (χ3v) is 10.4. The molecule has 0 aromatic heterocycles. The number of phosphoric ester groups is 1. The second-order valence-corrected chi connectivity index (χ2v) is 17.2. The van der Waals surface area contributed by atoms with Gasteiger partial charge in [-0.2, -0.15) is 0 Å². The number of rotatable bonds is 41. The molecule has 0 aliphatic carbocycles. The molecule has 0 aromatic carbocycles. The van der Waals surface area contributed by atoms with Crippen LogP contribution in [0.25, 0.3) is 0 Å². The molecule has 0 aliphatic heterocycles. The van der Waals surface area contributed by atoms with Crippen LogP contribution >= 0.6 is 7.82 Å². The van der Waals surface area contributed by atoms with Crippen molar-refractivity contribution in [2.45, 2.75) is 219 Å². The van der Waals surface area contributed by atoms with E-state index in [1.165, 1.54) is 96.3 Å². The molecule has 0 radical (unpaired) electrons. The van der Waals surface area contributed by atoms with Gasteiger partial charge < -0.3 is 24.4 Å². The third kappa shape index (κ3) is 44.9. The summed E-state index contributed by atoms with van der Waals surface area (Å²) >= 11 is 0. The number of hydrogen-bond acceptors (Lipinski definition) is 7. The number of phosphoric acid groups is 1. The van der Waals surface area contributed by atoms with E-state index < -0.39 is 32.5 Å². The van der Waals surface area contributed by atoms with Gasteiger partial charge >= 0.3 is 19.8 Å². The quantitative estimate of drug-likeness (QED) is 0.0238. The van der Waals surface area contributed by atoms with Crippen molar-refractivity contribution in [3.8, 4) is 0 Å². The van der Waals surface area contributed by atoms with E-state index in [1.54, 1.807) is 0 Å². The van der Waals surface area contributed by atoms with Gasteiger partial charge in [0.05, 0.1) is 12.7 Å². The van der Waals surface area contributed by atoms with Crippen molar-refractivity contribution >= 4 is 19.8 Å². The maximum Gasteiger partial charge on any atom is 0.469 e. The molecule has 9 nitrogen and oxygen atoms in total. The number of unbranched alkanes of at least 4 members (excludes halogenated alkanes) is 18. The summed E-state index contributed by atoms with van der Waals surface area (Å²) in [6.07, 6.45) is 46.4. The Morgan fingerprint density at radius 1 is 0.544 bits per heavy atom. The van der Waals surface area contributed by atoms with Gasteiger partial charge in [0.25, 0.3) is 0 Å². The third-order valence-electron chi connectivity index (χ3n) is 9.94. The zero-order valence-corrected chi connectivity index (χ0v) is 37.4. The van der Waals surface area contributed by atoms with Gasteiger partial charge in [0, 0.05) is 12.8 Å². The topological polar surface area (TPSA) is 140 Å². The second kappa shape index (κ2) is 40.7. The lowest BCUT2D eigenvalue weighted by Crippen LogP contribution is -2.29. The lowest BCUT2D eigenvalue weighted by molar-refractivity contribution is -0.161. The van der Waals surface area contributed by atoms with E-state index in [0.717, 1.165) is 63.7 Å². The Bertz CT molecular complexity index is 1090. The molecule has 3 N–H and O–H groups in total. The van der Waals surface area contributed by atoms with Gasteiger partial charge in [-0.25, -0.2) is 4.57 Å². The van der Waals surface area contributed by atoms with Gasteiger partial charge in [0.15, 0.2) is 6.10 Å². The monoisotopic (exact) mass is 825 g/mol. The van der Waals surface area contributed by atoms with E-state index in [2.05, 4.69) is 60.9 Å². The fraction of sp³-hybridized carbons (Fsp3) is 0.787. The first-order chi connectivity index (χ1) is 27.5. The van der Waals surface area contributed by atoms with Crippen LogP contribution in [0.15, 0.2) is 48.6 Å². The van der Waals surface area contributed by atoms with Crippen LogP contribution in [0.2, 0.25) is 0 Å². The fourth-order valence-corrected chi connectivity index (χ4v) is 6.72. The molecule has 0 aromatic rings. The number of aliphatic hydroxyl groups is 1. The van der Waals surface area contributed by atoms with Crippen LogP contribution in [0.5, 0.6) is 0 Å². The zero-order valence-electron chi connectivity index (χ0n) is 36.5. The zero-order chi connectivity index (χ0) is 42.1. The summed E-state index contributed by atoms with van der Waals surface area (Å²) in [7, 11) is -4.78. The molecule has 0 aliphatic rings. The molecule has 332 valence electrons. The minimum atomic E-state index is -4.78. The van der Waals surface area contributed by atoms with Gasteiger partial charge in [-0.1, -0.05) is 185 Å². The van der Waals surface area contributed by atoms with Crippen LogP contribution in [0.3, 0.4) is 0 Å². The maximum absolute atomic E-state index is 12.4. The molecule has 0 saturated heterocycles. The highest BCUT2D eigenvalue weighted by molar-refractivity contribution is 7.46. The van der Waals surface area contributed by atoms with E-state index in [4.69, 9.17) is 19.3 Å². The highest BCUT2D eigenvalue weighted by atomic mass is 31.2. The second-order valence-electron chi connectivity index (χ2n) is 16.0. The predicted molar refractivity (Wildman–Crippen MR) is 236 cm³/mol. The Kier molecular flexibility index (Phi) is 39.3. The summed E-state index contributed by atoms with van der Waals surface area (Å²) < 4.78 is 26.4. The summed E-state index contributed by atoms with van der Waals surface area (Å²) in [4.78, 5) is 42.9. The summed E-state index contributed by atoms with van der Waals surface area (Å²) in [6, 6.07) is 0. The van der Waals surface area contributed by atoms with Crippen LogP contribution in [-0.4, -0.2) is 52.3 Å². The first-order valence-electron chi connectivity index (χ1n) is 22.9. The number of esters is 2. The Morgan fingerprint density at radius 2 is 0.965 bits per heavy atom. The van der Waals surface area contributed by atoms with Crippen LogP contribution in [0.4, 0.5) is 0 Å². The Labute approximate surface area is 348 Å². The molecule has 0 bridgehead atoms. The van der Waals surface area contributed by atoms with Crippen molar-refractivity contribution in [2.75, 3.05) is 13.2 Å². The largest absolute Gasteiger partial charge is 0.469 e. The lowest BCUT2D eigenvalue weighted by atomic mass is 10.0. The molecule has 0 fully saturated rings. The summed E-state index contributed by atoms with van der Waals surface area (Å²) in [5.74, 6) is -0.120. The standard InChI is InChI=1S/C47H85O9P/c1-4-44(48)38-34-30-26-22-18-14-11-12-15-19-23-27-31-35-39-46(49)54-41-45(42-55-57(51,52)53)56-47(50)40-36-32-28-24-20-16-10-8-6-5-7-9-13-17-21-25-29-33-37-43(2)3/h12,14-15,18,23,26-27,30,43-45,48H,4-11,13,16-17,19-22,24-25,28-29,31-42H2,1-3H3,(H2,51,52,53)/b15-12-,18-14-,27-23-,30-26-/t44-,45+/m0/s1. The molecule has 57 heavy (non-hydrogen) atoms. The molecule has 2 atom stereocenters. The predicted octanol–water partition coefficient (Wildman–Crippen LogP) is 13.1. The smallest absolute Gasteiger partial charge is 0.462 e. The van der Waals surface area contributed by atoms with Crippen molar-refractivity contribution in [3.05, 3.63) is 48.6 Å². The van der Waals surface area contributed by atoms with Crippen molar-refractivity contribution in [1.29, 1.82) is 0 Å². The minimum Gasteiger partial charge on any atom is -0.462 e. The molecular weight excluding hydrogens is 739 g/mol. The molecule has 10 heteroatoms. The van der Waals surface area contributed by atoms with Crippen molar-refractivity contribution in [1.82, 2.24) is 0 Å². The molecule has 0 unspecified atom stereocenters. The van der Waals surface area contributed by atoms with Crippen molar-refractivity contribution in [2.24, 2.45) is 5.92 Å². The number of allylic oxidation sites excluding steroid dienone is 8. The van der Waals surface area contributed by atoms with Crippen LogP contribution in [-0.2, 0) is 28.2 Å². The first kappa shape index (κ1) is 55.0. The number of aliphatic hydroxyl groups excluding tert-OH is 1. The van der Waals surface area contributed by atoms with Gasteiger partial charge in [0.1, 0.15) is 6.61 Å². The average molecular weight is 825 g/mol. The maximum atomic E-state index is 12.4. The van der Waals surface area contributed by atoms with Crippen molar-refractivity contribution in [3.63, 3.8) is 0 Å². The van der Waals surface area contributed by atoms with E-state index in [0.29, 0.717) is 19.3 Å². The van der Waals surface area contributed by atoms with E-state index in [1.807, 2.05) is 13.0 Å². The number of carbonyl (C=O) groups excluding carboxylic acids is 2. The molecule has 0 rings (SSSR count). The Balaban J connectivity index is 3.94. The molecule has 0 amide bonds.